The Morgan fingerprint density at radius 2 is 1.50 bits per heavy atom. The first-order valence-electron chi connectivity index (χ1n) is 4.50. The molecule has 0 N–H and O–H groups in total. The van der Waals surface area contributed by atoms with Crippen LogP contribution in [-0.2, 0) is 9.47 Å². The highest BCUT2D eigenvalue weighted by Gasteiger charge is 2.48. The van der Waals surface area contributed by atoms with Crippen LogP contribution in [0.1, 0.15) is 27.7 Å². The average Bonchev–Trinajstić information content (AvgIpc) is 2.27. The number of rotatable bonds is 0. The van der Waals surface area contributed by atoms with Crippen LogP contribution in [0, 0.1) is 5.41 Å². The van der Waals surface area contributed by atoms with Crippen LogP contribution in [0.2, 0.25) is 0 Å². The predicted molar refractivity (Wildman–Crippen MR) is 59.0 cm³/mol. The zero-order valence-corrected chi connectivity index (χ0v) is 11.0. The topological polar surface area (TPSA) is 18.5 Å². The van der Waals surface area contributed by atoms with Crippen molar-refractivity contribution in [3.8, 4) is 0 Å². The van der Waals surface area contributed by atoms with Crippen LogP contribution in [0.15, 0.2) is 0 Å². The van der Waals surface area contributed by atoms with Gasteiger partial charge in [0.2, 0.25) is 10.1 Å². The van der Waals surface area contributed by atoms with Gasteiger partial charge in [0.1, 0.15) is 0 Å². The average molecular weight is 262 g/mol. The summed E-state index contributed by atoms with van der Waals surface area (Å²) in [6.07, 6.45) is -0.884. The largest absolute Gasteiger partial charge is 0.343 e. The SMILES string of the molecule is C[C@H]1OC(C(Cl)(Cl)Cl)O[C@@H]1C(C)(C)C. The first-order chi connectivity index (χ1) is 6.12. The number of halogens is 3. The van der Waals surface area contributed by atoms with E-state index < -0.39 is 10.1 Å². The molecule has 1 aliphatic rings. The molecule has 1 unspecified atom stereocenters. The fourth-order valence-electron chi connectivity index (χ4n) is 1.60. The van der Waals surface area contributed by atoms with Gasteiger partial charge in [0.25, 0.3) is 0 Å². The Balaban J connectivity index is 2.70. The summed E-state index contributed by atoms with van der Waals surface area (Å²) in [4.78, 5) is 0. The van der Waals surface area contributed by atoms with Crippen LogP contribution in [0.5, 0.6) is 0 Å². The van der Waals surface area contributed by atoms with Crippen LogP contribution in [-0.4, -0.2) is 22.3 Å². The second-order valence-corrected chi connectivity index (χ2v) is 7.01. The van der Waals surface area contributed by atoms with E-state index >= 15 is 0 Å². The molecule has 2 nitrogen and oxygen atoms in total. The van der Waals surface area contributed by atoms with Gasteiger partial charge in [-0.25, -0.2) is 0 Å². The Morgan fingerprint density at radius 1 is 1.00 bits per heavy atom. The summed E-state index contributed by atoms with van der Waals surface area (Å²) in [6.45, 7) is 8.13. The number of ether oxygens (including phenoxy) is 2. The smallest absolute Gasteiger partial charge is 0.240 e. The van der Waals surface area contributed by atoms with Gasteiger partial charge in [-0.3, -0.25) is 0 Å². The van der Waals surface area contributed by atoms with Crippen LogP contribution >= 0.6 is 34.8 Å². The van der Waals surface area contributed by atoms with Crippen molar-refractivity contribution >= 4 is 34.8 Å². The van der Waals surface area contributed by atoms with E-state index in [-0.39, 0.29) is 17.6 Å². The standard InChI is InChI=1S/C9H15Cl3O2/c1-5-6(8(2,3)4)14-7(13-5)9(10,11)12/h5-7H,1-4H3/t5-,6+,7?/m1/s1. The Morgan fingerprint density at radius 3 is 1.71 bits per heavy atom. The second kappa shape index (κ2) is 3.99. The molecule has 5 heteroatoms. The fourth-order valence-corrected chi connectivity index (χ4v) is 1.91. The number of hydrogen-bond donors (Lipinski definition) is 0. The minimum absolute atomic E-state index is 0.0237. The minimum Gasteiger partial charge on any atom is -0.343 e. The maximum absolute atomic E-state index is 5.70. The molecular weight excluding hydrogens is 246 g/mol. The summed E-state index contributed by atoms with van der Waals surface area (Å²) in [5.41, 5.74) is -0.0237. The Bertz CT molecular complexity index is 207. The summed E-state index contributed by atoms with van der Waals surface area (Å²) >= 11 is 17.1. The lowest BCUT2D eigenvalue weighted by Gasteiger charge is -2.28. The molecule has 0 aliphatic carbocycles. The zero-order chi connectivity index (χ0) is 11.1. The summed E-state index contributed by atoms with van der Waals surface area (Å²) in [5, 5.41) is 0. The quantitative estimate of drug-likeness (QED) is 0.621. The monoisotopic (exact) mass is 260 g/mol. The molecule has 1 saturated heterocycles. The molecule has 0 radical (unpaired) electrons. The lowest BCUT2D eigenvalue weighted by atomic mass is 9.86. The molecule has 0 saturated carbocycles. The van der Waals surface area contributed by atoms with Gasteiger partial charge in [-0.15, -0.1) is 0 Å². The van der Waals surface area contributed by atoms with Gasteiger partial charge in [-0.2, -0.15) is 0 Å². The van der Waals surface area contributed by atoms with Crippen molar-refractivity contribution in [1.82, 2.24) is 0 Å². The third-order valence-electron chi connectivity index (χ3n) is 2.16. The van der Waals surface area contributed by atoms with Crippen LogP contribution in [0.4, 0.5) is 0 Å². The molecule has 0 aromatic carbocycles. The molecule has 3 atom stereocenters. The molecule has 1 fully saturated rings. The highest BCUT2D eigenvalue weighted by Crippen LogP contribution is 2.42. The van der Waals surface area contributed by atoms with Crippen molar-refractivity contribution in [2.75, 3.05) is 0 Å². The first-order valence-corrected chi connectivity index (χ1v) is 5.63. The summed E-state index contributed by atoms with van der Waals surface area (Å²) in [5.74, 6) is 0. The third-order valence-corrected chi connectivity index (χ3v) is 2.69. The second-order valence-electron chi connectivity index (χ2n) is 4.64. The van der Waals surface area contributed by atoms with Gasteiger partial charge < -0.3 is 9.47 Å². The minimum atomic E-state index is -1.52. The molecule has 0 spiro atoms. The van der Waals surface area contributed by atoms with E-state index in [1.165, 1.54) is 0 Å². The Hall–Kier alpha value is 0.790. The first kappa shape index (κ1) is 12.9. The predicted octanol–water partition coefficient (Wildman–Crippen LogP) is 3.53. The summed E-state index contributed by atoms with van der Waals surface area (Å²) in [7, 11) is 0. The van der Waals surface area contributed by atoms with Crippen molar-refractivity contribution in [3.05, 3.63) is 0 Å². The van der Waals surface area contributed by atoms with Gasteiger partial charge in [-0.05, 0) is 12.3 Å². The molecule has 0 aromatic heterocycles. The van der Waals surface area contributed by atoms with E-state index in [0.29, 0.717) is 0 Å². The van der Waals surface area contributed by atoms with Crippen molar-refractivity contribution in [3.63, 3.8) is 0 Å². The van der Waals surface area contributed by atoms with E-state index in [2.05, 4.69) is 20.8 Å². The zero-order valence-electron chi connectivity index (χ0n) is 8.68. The molecule has 0 amide bonds. The summed E-state index contributed by atoms with van der Waals surface area (Å²) in [6, 6.07) is 0. The highest BCUT2D eigenvalue weighted by atomic mass is 35.6. The van der Waals surface area contributed by atoms with Gasteiger partial charge in [0.05, 0.1) is 12.2 Å². The summed E-state index contributed by atoms with van der Waals surface area (Å²) < 4.78 is 9.51. The molecule has 1 heterocycles. The van der Waals surface area contributed by atoms with E-state index in [4.69, 9.17) is 44.3 Å². The van der Waals surface area contributed by atoms with Crippen molar-refractivity contribution in [2.24, 2.45) is 5.41 Å². The molecule has 0 aromatic rings. The van der Waals surface area contributed by atoms with E-state index in [0.717, 1.165) is 0 Å². The molecule has 14 heavy (non-hydrogen) atoms. The van der Waals surface area contributed by atoms with Crippen molar-refractivity contribution < 1.29 is 9.47 Å². The fraction of sp³-hybridized carbons (Fsp3) is 1.00. The van der Waals surface area contributed by atoms with Crippen LogP contribution < -0.4 is 0 Å². The van der Waals surface area contributed by atoms with Gasteiger partial charge in [0, 0.05) is 0 Å². The normalized spacial score (nSPS) is 34.9. The van der Waals surface area contributed by atoms with Crippen molar-refractivity contribution in [2.45, 2.75) is 50.0 Å². The highest BCUT2D eigenvalue weighted by molar-refractivity contribution is 6.67. The van der Waals surface area contributed by atoms with E-state index in [1.807, 2.05) is 6.92 Å². The third kappa shape index (κ3) is 2.89. The molecular formula is C9H15Cl3O2. The van der Waals surface area contributed by atoms with Crippen molar-refractivity contribution in [1.29, 1.82) is 0 Å². The van der Waals surface area contributed by atoms with Crippen LogP contribution in [0.25, 0.3) is 0 Å². The maximum Gasteiger partial charge on any atom is 0.240 e. The molecule has 1 rings (SSSR count). The van der Waals surface area contributed by atoms with E-state index in [9.17, 15) is 0 Å². The Kier molecular flexibility index (Phi) is 3.66. The number of hydrogen-bond acceptors (Lipinski definition) is 2. The van der Waals surface area contributed by atoms with Gasteiger partial charge >= 0.3 is 0 Å². The molecule has 1 aliphatic heterocycles. The molecule has 0 bridgehead atoms. The van der Waals surface area contributed by atoms with Gasteiger partial charge in [-0.1, -0.05) is 55.6 Å². The van der Waals surface area contributed by atoms with Gasteiger partial charge in [0.15, 0.2) is 0 Å². The lowest BCUT2D eigenvalue weighted by Crippen LogP contribution is -2.34. The van der Waals surface area contributed by atoms with E-state index in [1.54, 1.807) is 0 Å². The van der Waals surface area contributed by atoms with Crippen LogP contribution in [0.3, 0.4) is 0 Å². The maximum atomic E-state index is 5.70. The lowest BCUT2D eigenvalue weighted by molar-refractivity contribution is -0.0742. The number of alkyl halides is 3. The Labute approximate surface area is 99.8 Å². The molecule has 84 valence electrons.